The van der Waals surface area contributed by atoms with Crippen LogP contribution in [0.25, 0.3) is 0 Å². The Morgan fingerprint density at radius 2 is 2.15 bits per heavy atom. The van der Waals surface area contributed by atoms with Crippen LogP contribution >= 0.6 is 0 Å². The highest BCUT2D eigenvalue weighted by atomic mass is 15.2. The summed E-state index contributed by atoms with van der Waals surface area (Å²) in [6.45, 7) is 7.68. The van der Waals surface area contributed by atoms with Crippen LogP contribution in [0.3, 0.4) is 0 Å². The van der Waals surface area contributed by atoms with Crippen molar-refractivity contribution in [1.29, 1.82) is 0 Å². The van der Waals surface area contributed by atoms with Crippen LogP contribution in [0.4, 0.5) is 5.69 Å². The van der Waals surface area contributed by atoms with Crippen molar-refractivity contribution in [2.75, 3.05) is 25.0 Å². The van der Waals surface area contributed by atoms with Gasteiger partial charge in [0.15, 0.2) is 5.96 Å². The van der Waals surface area contributed by atoms with E-state index >= 15 is 0 Å². The van der Waals surface area contributed by atoms with E-state index in [0.29, 0.717) is 17.9 Å². The molecule has 1 aliphatic heterocycles. The number of hydrogen-bond acceptors (Lipinski definition) is 2. The molecule has 0 bridgehead atoms. The molecule has 4 nitrogen and oxygen atoms in total. The maximum absolute atomic E-state index is 5.95. The van der Waals surface area contributed by atoms with Crippen molar-refractivity contribution >= 4 is 11.6 Å². The fraction of sp³-hybridized carbons (Fsp3) is 0.562. The standard InChI is InChI=1S/C16H26N4/c1-13(2)12-20-10-6-9-15(20)11-18-16(17)19-14-7-4-3-5-8-14/h3-5,7-8,13,15H,6,9-12H2,1-2H3,(H3,17,18,19)/t15-/m1/s1. The number of guanidine groups is 1. The summed E-state index contributed by atoms with van der Waals surface area (Å²) in [7, 11) is 0. The van der Waals surface area contributed by atoms with Gasteiger partial charge in [0, 0.05) is 18.3 Å². The molecule has 3 N–H and O–H groups in total. The first kappa shape index (κ1) is 14.9. The average Bonchev–Trinajstić information content (AvgIpc) is 2.84. The fourth-order valence-corrected chi connectivity index (χ4v) is 2.72. The van der Waals surface area contributed by atoms with E-state index in [1.54, 1.807) is 0 Å². The molecule has 1 aromatic rings. The van der Waals surface area contributed by atoms with Crippen molar-refractivity contribution in [3.63, 3.8) is 0 Å². The molecule has 2 rings (SSSR count). The third-order valence-corrected chi connectivity index (χ3v) is 3.62. The lowest BCUT2D eigenvalue weighted by molar-refractivity contribution is 0.231. The summed E-state index contributed by atoms with van der Waals surface area (Å²) in [6.07, 6.45) is 2.51. The molecular weight excluding hydrogens is 248 g/mol. The number of likely N-dealkylation sites (tertiary alicyclic amines) is 1. The second-order valence-corrected chi connectivity index (χ2v) is 5.90. The Kier molecular flexibility index (Phi) is 5.41. The zero-order chi connectivity index (χ0) is 14.4. The van der Waals surface area contributed by atoms with Gasteiger partial charge in [0.2, 0.25) is 0 Å². The number of hydrogen-bond donors (Lipinski definition) is 2. The van der Waals surface area contributed by atoms with Crippen LogP contribution in [0.2, 0.25) is 0 Å². The van der Waals surface area contributed by atoms with Gasteiger partial charge in [-0.05, 0) is 37.4 Å². The lowest BCUT2D eigenvalue weighted by atomic mass is 10.2. The molecule has 0 amide bonds. The summed E-state index contributed by atoms with van der Waals surface area (Å²) in [5, 5.41) is 3.13. The molecule has 0 unspecified atom stereocenters. The van der Waals surface area contributed by atoms with Crippen molar-refractivity contribution < 1.29 is 0 Å². The van der Waals surface area contributed by atoms with E-state index in [1.807, 2.05) is 30.3 Å². The molecule has 1 aromatic carbocycles. The number of benzene rings is 1. The SMILES string of the molecule is CC(C)CN1CCC[C@@H]1CN=C(N)Nc1ccccc1. The van der Waals surface area contributed by atoms with Gasteiger partial charge in [-0.1, -0.05) is 32.0 Å². The van der Waals surface area contributed by atoms with Crippen LogP contribution in [0, 0.1) is 5.92 Å². The third-order valence-electron chi connectivity index (χ3n) is 3.62. The summed E-state index contributed by atoms with van der Waals surface area (Å²) in [6, 6.07) is 10.5. The first-order chi connectivity index (χ1) is 9.65. The minimum atomic E-state index is 0.507. The van der Waals surface area contributed by atoms with Crippen molar-refractivity contribution in [2.45, 2.75) is 32.7 Å². The zero-order valence-electron chi connectivity index (χ0n) is 12.5. The Hall–Kier alpha value is -1.55. The molecule has 110 valence electrons. The summed E-state index contributed by atoms with van der Waals surface area (Å²) in [4.78, 5) is 7.05. The smallest absolute Gasteiger partial charge is 0.193 e. The largest absolute Gasteiger partial charge is 0.370 e. The highest BCUT2D eigenvalue weighted by Gasteiger charge is 2.24. The molecule has 20 heavy (non-hydrogen) atoms. The summed E-state index contributed by atoms with van der Waals surface area (Å²) < 4.78 is 0. The van der Waals surface area contributed by atoms with E-state index in [1.165, 1.54) is 19.4 Å². The van der Waals surface area contributed by atoms with Gasteiger partial charge in [0.05, 0.1) is 6.54 Å². The summed E-state index contributed by atoms with van der Waals surface area (Å²) in [5.41, 5.74) is 6.94. The maximum Gasteiger partial charge on any atom is 0.193 e. The van der Waals surface area contributed by atoms with Gasteiger partial charge in [0.1, 0.15) is 0 Å². The minimum absolute atomic E-state index is 0.507. The second-order valence-electron chi connectivity index (χ2n) is 5.90. The summed E-state index contributed by atoms with van der Waals surface area (Å²) in [5.74, 6) is 1.21. The molecule has 1 atom stereocenters. The number of nitrogens with one attached hydrogen (secondary N) is 1. The lowest BCUT2D eigenvalue weighted by Gasteiger charge is -2.24. The average molecular weight is 274 g/mol. The number of anilines is 1. The molecular formula is C16H26N4. The van der Waals surface area contributed by atoms with Crippen molar-refractivity contribution in [3.8, 4) is 0 Å². The van der Waals surface area contributed by atoms with E-state index in [9.17, 15) is 0 Å². The second kappa shape index (κ2) is 7.29. The molecule has 0 aromatic heterocycles. The van der Waals surface area contributed by atoms with Gasteiger partial charge in [-0.25, -0.2) is 0 Å². The Bertz CT molecular complexity index is 427. The van der Waals surface area contributed by atoms with Gasteiger partial charge in [0.25, 0.3) is 0 Å². The lowest BCUT2D eigenvalue weighted by Crippen LogP contribution is -2.35. The number of rotatable bonds is 5. The predicted molar refractivity (Wildman–Crippen MR) is 86.0 cm³/mol. The molecule has 0 radical (unpaired) electrons. The Labute approximate surface area is 122 Å². The van der Waals surface area contributed by atoms with Crippen LogP contribution in [-0.4, -0.2) is 36.5 Å². The highest BCUT2D eigenvalue weighted by molar-refractivity contribution is 5.92. The first-order valence-corrected chi connectivity index (χ1v) is 7.51. The molecule has 0 aliphatic carbocycles. The highest BCUT2D eigenvalue weighted by Crippen LogP contribution is 2.18. The normalized spacial score (nSPS) is 20.6. The fourth-order valence-electron chi connectivity index (χ4n) is 2.72. The predicted octanol–water partition coefficient (Wildman–Crippen LogP) is 2.53. The van der Waals surface area contributed by atoms with E-state index in [0.717, 1.165) is 18.8 Å². The van der Waals surface area contributed by atoms with Crippen LogP contribution in [0.5, 0.6) is 0 Å². The third kappa shape index (κ3) is 4.53. The van der Waals surface area contributed by atoms with Crippen molar-refractivity contribution in [3.05, 3.63) is 30.3 Å². The van der Waals surface area contributed by atoms with Gasteiger partial charge in [-0.15, -0.1) is 0 Å². The topological polar surface area (TPSA) is 53.6 Å². The van der Waals surface area contributed by atoms with Gasteiger partial charge < -0.3 is 11.1 Å². The molecule has 0 spiro atoms. The van der Waals surface area contributed by atoms with Crippen LogP contribution in [-0.2, 0) is 0 Å². The van der Waals surface area contributed by atoms with Gasteiger partial charge >= 0.3 is 0 Å². The number of nitrogens with two attached hydrogens (primary N) is 1. The Morgan fingerprint density at radius 1 is 1.40 bits per heavy atom. The molecule has 4 heteroatoms. The van der Waals surface area contributed by atoms with Crippen LogP contribution < -0.4 is 11.1 Å². The number of para-hydroxylation sites is 1. The molecule has 1 heterocycles. The van der Waals surface area contributed by atoms with Crippen LogP contribution in [0.15, 0.2) is 35.3 Å². The number of nitrogens with zero attached hydrogens (tertiary/aromatic N) is 2. The Balaban J connectivity index is 1.85. The van der Waals surface area contributed by atoms with Crippen LogP contribution in [0.1, 0.15) is 26.7 Å². The first-order valence-electron chi connectivity index (χ1n) is 7.51. The Morgan fingerprint density at radius 3 is 2.85 bits per heavy atom. The number of aliphatic imine (C=N–C) groups is 1. The zero-order valence-corrected chi connectivity index (χ0v) is 12.5. The van der Waals surface area contributed by atoms with E-state index < -0.39 is 0 Å². The molecule has 1 saturated heterocycles. The molecule has 0 saturated carbocycles. The summed E-state index contributed by atoms with van der Waals surface area (Å²) >= 11 is 0. The molecule has 1 fully saturated rings. The van der Waals surface area contributed by atoms with E-state index in [2.05, 4.69) is 29.1 Å². The monoisotopic (exact) mass is 274 g/mol. The molecule has 1 aliphatic rings. The quantitative estimate of drug-likeness (QED) is 0.641. The van der Waals surface area contributed by atoms with E-state index in [4.69, 9.17) is 5.73 Å². The van der Waals surface area contributed by atoms with Gasteiger partial charge in [-0.2, -0.15) is 0 Å². The minimum Gasteiger partial charge on any atom is -0.370 e. The van der Waals surface area contributed by atoms with Crippen molar-refractivity contribution in [1.82, 2.24) is 4.90 Å². The van der Waals surface area contributed by atoms with Crippen molar-refractivity contribution in [2.24, 2.45) is 16.6 Å². The maximum atomic E-state index is 5.95. The van der Waals surface area contributed by atoms with E-state index in [-0.39, 0.29) is 0 Å². The van der Waals surface area contributed by atoms with Gasteiger partial charge in [-0.3, -0.25) is 9.89 Å².